The summed E-state index contributed by atoms with van der Waals surface area (Å²) in [6, 6.07) is 17.7. The van der Waals surface area contributed by atoms with Crippen molar-refractivity contribution in [3.8, 4) is 5.75 Å². The number of nitrogens with zero attached hydrogens (tertiary/aromatic N) is 1. The van der Waals surface area contributed by atoms with Crippen molar-refractivity contribution in [2.24, 2.45) is 0 Å². The first-order valence-electron chi connectivity index (χ1n) is 10.7. The Labute approximate surface area is 206 Å². The van der Waals surface area contributed by atoms with Crippen LogP contribution < -0.4 is 14.4 Å². The molecule has 0 bridgehead atoms. The average Bonchev–Trinajstić information content (AvgIpc) is 2.94. The maximum atomic E-state index is 12.8. The molecular formula is C24H23ClF3N3O3S. The number of anilines is 2. The Kier molecular flexibility index (Phi) is 7.27. The third-order valence-electron chi connectivity index (χ3n) is 5.59. The summed E-state index contributed by atoms with van der Waals surface area (Å²) in [5.74, 6) is -0.478. The summed E-state index contributed by atoms with van der Waals surface area (Å²) in [6.45, 7) is -0.0388. The summed E-state index contributed by atoms with van der Waals surface area (Å²) in [6.07, 6.45) is -4.24. The Balaban J connectivity index is 1.49. The zero-order valence-corrected chi connectivity index (χ0v) is 20.0. The first-order chi connectivity index (χ1) is 16.5. The van der Waals surface area contributed by atoms with Crippen molar-refractivity contribution in [1.29, 1.82) is 4.78 Å². The van der Waals surface area contributed by atoms with E-state index in [1.807, 2.05) is 47.4 Å². The normalized spacial score (nSPS) is 16.0. The number of aryl methyl sites for hydroxylation is 2. The second-order valence-electron chi connectivity index (χ2n) is 8.09. The number of aliphatic hydroxyl groups excluding tert-OH is 1. The van der Waals surface area contributed by atoms with Crippen molar-refractivity contribution < 1.29 is 27.2 Å². The van der Waals surface area contributed by atoms with Crippen LogP contribution in [0.15, 0.2) is 71.6 Å². The van der Waals surface area contributed by atoms with Crippen molar-refractivity contribution in [2.45, 2.75) is 30.2 Å². The van der Waals surface area contributed by atoms with Crippen LogP contribution in [0, 0.1) is 4.78 Å². The van der Waals surface area contributed by atoms with Gasteiger partial charge in [-0.3, -0.25) is 0 Å². The number of ether oxygens (including phenoxy) is 1. The van der Waals surface area contributed by atoms with E-state index in [2.05, 4.69) is 9.46 Å². The molecule has 11 heteroatoms. The van der Waals surface area contributed by atoms with Gasteiger partial charge in [0, 0.05) is 22.9 Å². The maximum Gasteiger partial charge on any atom is 0.573 e. The highest BCUT2D eigenvalue weighted by Gasteiger charge is 2.31. The highest BCUT2D eigenvalue weighted by Crippen LogP contribution is 2.37. The average molecular weight is 526 g/mol. The highest BCUT2D eigenvalue weighted by atomic mass is 35.5. The standard InChI is InChI=1S/C24H23ClF3N3O3S/c25-18-8-7-17-6-5-16-3-1-2-4-22(16)31(23(17)13-18)15-19(32)14-30-35(29,33)21-11-9-20(10-12-21)34-24(26,27)28/h1-4,7-13,19,32H,5-6,14-15H2,(H2,29,30,33). The Hall–Kier alpha value is -2.79. The summed E-state index contributed by atoms with van der Waals surface area (Å²) < 4.78 is 64.3. The van der Waals surface area contributed by atoms with Gasteiger partial charge >= 0.3 is 6.36 Å². The Morgan fingerprint density at radius 3 is 2.40 bits per heavy atom. The summed E-state index contributed by atoms with van der Waals surface area (Å²) in [4.78, 5) is 1.93. The molecule has 1 heterocycles. The summed E-state index contributed by atoms with van der Waals surface area (Å²) in [5, 5.41) is 11.4. The summed E-state index contributed by atoms with van der Waals surface area (Å²) in [7, 11) is -3.58. The molecule has 0 aromatic heterocycles. The van der Waals surface area contributed by atoms with Crippen LogP contribution >= 0.6 is 11.6 Å². The third-order valence-corrected chi connectivity index (χ3v) is 7.33. The predicted octanol–water partition coefficient (Wildman–Crippen LogP) is 5.45. The number of hydrogen-bond acceptors (Lipinski definition) is 5. The molecule has 4 rings (SSSR count). The van der Waals surface area contributed by atoms with E-state index in [-0.39, 0.29) is 18.0 Å². The van der Waals surface area contributed by atoms with E-state index in [1.165, 1.54) is 0 Å². The van der Waals surface area contributed by atoms with Crippen molar-refractivity contribution in [3.05, 3.63) is 82.9 Å². The second-order valence-corrected chi connectivity index (χ2v) is 10.4. The van der Waals surface area contributed by atoms with E-state index in [1.54, 1.807) is 0 Å². The van der Waals surface area contributed by atoms with Crippen LogP contribution in [0.3, 0.4) is 0 Å². The van der Waals surface area contributed by atoms with Gasteiger partial charge in [-0.15, -0.1) is 13.2 Å². The van der Waals surface area contributed by atoms with Gasteiger partial charge in [-0.2, -0.15) is 0 Å². The first kappa shape index (κ1) is 25.3. The fourth-order valence-electron chi connectivity index (χ4n) is 3.99. The van der Waals surface area contributed by atoms with Gasteiger partial charge < -0.3 is 14.7 Å². The second kappa shape index (κ2) is 10.1. The van der Waals surface area contributed by atoms with Gasteiger partial charge in [0.25, 0.3) is 0 Å². The number of β-amino-alcohol motifs (C(OH)–C–C–N with tert-alkyl or cyclic N) is 1. The lowest BCUT2D eigenvalue weighted by molar-refractivity contribution is -0.274. The molecule has 3 aromatic rings. The van der Waals surface area contributed by atoms with Gasteiger partial charge in [-0.05, 0) is 66.4 Å². The number of benzene rings is 3. The number of halogens is 4. The van der Waals surface area contributed by atoms with Crippen molar-refractivity contribution in [2.75, 3.05) is 18.0 Å². The molecule has 0 saturated heterocycles. The van der Waals surface area contributed by atoms with E-state index in [0.717, 1.165) is 59.6 Å². The molecule has 6 nitrogen and oxygen atoms in total. The summed E-state index contributed by atoms with van der Waals surface area (Å²) in [5.41, 5.74) is 3.99. The number of fused-ring (bicyclic) bond motifs is 2. The Morgan fingerprint density at radius 1 is 1.06 bits per heavy atom. The van der Waals surface area contributed by atoms with E-state index in [0.29, 0.717) is 5.02 Å². The molecule has 35 heavy (non-hydrogen) atoms. The van der Waals surface area contributed by atoms with E-state index >= 15 is 0 Å². The van der Waals surface area contributed by atoms with Gasteiger partial charge in [0.15, 0.2) is 0 Å². The molecule has 1 aliphatic rings. The fraction of sp³-hybridized carbons (Fsp3) is 0.250. The molecule has 2 unspecified atom stereocenters. The Bertz CT molecular complexity index is 1300. The van der Waals surface area contributed by atoms with Gasteiger partial charge in [-0.25, -0.2) is 13.7 Å². The molecule has 0 spiro atoms. The minimum Gasteiger partial charge on any atom is -0.406 e. The van der Waals surface area contributed by atoms with E-state index < -0.39 is 28.1 Å². The summed E-state index contributed by atoms with van der Waals surface area (Å²) >= 11 is 6.26. The SMILES string of the molecule is N=S(=O)(NCC(O)CN1c2ccccc2CCc2ccc(Cl)cc21)c1ccc(OC(F)(F)F)cc1. The predicted molar refractivity (Wildman–Crippen MR) is 129 cm³/mol. The quantitative estimate of drug-likeness (QED) is 0.383. The van der Waals surface area contributed by atoms with E-state index in [9.17, 15) is 22.5 Å². The van der Waals surface area contributed by atoms with Crippen molar-refractivity contribution in [1.82, 2.24) is 4.72 Å². The lowest BCUT2D eigenvalue weighted by atomic mass is 10.0. The molecule has 1 aliphatic heterocycles. The van der Waals surface area contributed by atoms with Crippen LogP contribution in [0.2, 0.25) is 5.02 Å². The molecule has 3 N–H and O–H groups in total. The van der Waals surface area contributed by atoms with Crippen LogP contribution in [-0.4, -0.2) is 34.9 Å². The van der Waals surface area contributed by atoms with Gasteiger partial charge in [0.1, 0.15) is 15.7 Å². The number of rotatable bonds is 7. The third kappa shape index (κ3) is 6.26. The monoisotopic (exact) mass is 525 g/mol. The van der Waals surface area contributed by atoms with Crippen LogP contribution in [0.25, 0.3) is 0 Å². The van der Waals surface area contributed by atoms with Gasteiger partial charge in [0.2, 0.25) is 0 Å². The lowest BCUT2D eigenvalue weighted by Crippen LogP contribution is -2.38. The molecule has 0 saturated carbocycles. The topological polar surface area (TPSA) is 85.7 Å². The zero-order chi connectivity index (χ0) is 25.2. The first-order valence-corrected chi connectivity index (χ1v) is 12.7. The molecule has 186 valence electrons. The zero-order valence-electron chi connectivity index (χ0n) is 18.4. The van der Waals surface area contributed by atoms with Crippen LogP contribution in [0.1, 0.15) is 11.1 Å². The van der Waals surface area contributed by atoms with Gasteiger partial charge in [-0.1, -0.05) is 35.9 Å². The number of alkyl halides is 3. The maximum absolute atomic E-state index is 12.8. The van der Waals surface area contributed by atoms with Crippen LogP contribution in [0.5, 0.6) is 5.75 Å². The molecule has 2 atom stereocenters. The smallest absolute Gasteiger partial charge is 0.406 e. The largest absolute Gasteiger partial charge is 0.573 e. The number of hydrogen-bond donors (Lipinski definition) is 3. The number of nitrogens with one attached hydrogen (secondary N) is 2. The van der Waals surface area contributed by atoms with Gasteiger partial charge in [0.05, 0.1) is 17.5 Å². The molecule has 0 aliphatic carbocycles. The lowest BCUT2D eigenvalue weighted by Gasteiger charge is -2.29. The molecular weight excluding hydrogens is 503 g/mol. The van der Waals surface area contributed by atoms with Crippen molar-refractivity contribution >= 4 is 32.9 Å². The minimum absolute atomic E-state index is 0.0310. The van der Waals surface area contributed by atoms with Crippen LogP contribution in [0.4, 0.5) is 24.5 Å². The molecule has 0 fully saturated rings. The van der Waals surface area contributed by atoms with Crippen molar-refractivity contribution in [3.63, 3.8) is 0 Å². The highest BCUT2D eigenvalue weighted by molar-refractivity contribution is 7.90. The van der Waals surface area contributed by atoms with Crippen LogP contribution in [-0.2, 0) is 22.8 Å². The Morgan fingerprint density at radius 2 is 1.71 bits per heavy atom. The van der Waals surface area contributed by atoms with E-state index in [4.69, 9.17) is 16.4 Å². The minimum atomic E-state index is -4.85. The molecule has 0 radical (unpaired) electrons. The number of para-hydroxylation sites is 1. The fourth-order valence-corrected chi connectivity index (χ4v) is 5.27. The molecule has 3 aromatic carbocycles. The number of aliphatic hydroxyl groups is 1. The molecule has 0 amide bonds.